The van der Waals surface area contributed by atoms with Gasteiger partial charge in [-0.05, 0) is 31.6 Å². The predicted molar refractivity (Wildman–Crippen MR) is 94.0 cm³/mol. The van der Waals surface area contributed by atoms with Crippen molar-refractivity contribution in [1.29, 1.82) is 0 Å². The highest BCUT2D eigenvalue weighted by atomic mass is 16.5. The fourth-order valence-corrected chi connectivity index (χ4v) is 2.25. The summed E-state index contributed by atoms with van der Waals surface area (Å²) < 4.78 is 16.7. The molecular weight excluding hydrogens is 294 g/mol. The first kappa shape index (κ1) is 20.2. The Morgan fingerprint density at radius 2 is 1.87 bits per heavy atom. The molecule has 0 atom stereocenters. The lowest BCUT2D eigenvalue weighted by molar-refractivity contribution is -0.0320. The van der Waals surface area contributed by atoms with Crippen molar-refractivity contribution >= 4 is 5.96 Å². The van der Waals surface area contributed by atoms with Crippen molar-refractivity contribution in [1.82, 2.24) is 10.6 Å². The number of guanidine groups is 1. The molecule has 1 saturated heterocycles. The molecule has 0 spiro atoms. The zero-order valence-corrected chi connectivity index (χ0v) is 15.1. The number of aliphatic imine (C=N–C) groups is 1. The molecule has 0 bridgehead atoms. The number of nitrogens with one attached hydrogen (secondary N) is 2. The van der Waals surface area contributed by atoms with Gasteiger partial charge in [0.2, 0.25) is 0 Å². The summed E-state index contributed by atoms with van der Waals surface area (Å²) in [5.74, 6) is 1.52. The summed E-state index contributed by atoms with van der Waals surface area (Å²) in [5.41, 5.74) is 0. The van der Waals surface area contributed by atoms with E-state index in [0.717, 1.165) is 71.2 Å². The Hall–Kier alpha value is -0.850. The fourth-order valence-electron chi connectivity index (χ4n) is 2.25. The summed E-state index contributed by atoms with van der Waals surface area (Å²) in [7, 11) is 1.79. The first-order valence-electron chi connectivity index (χ1n) is 8.94. The zero-order chi connectivity index (χ0) is 16.8. The number of hydrogen-bond acceptors (Lipinski definition) is 4. The second-order valence-corrected chi connectivity index (χ2v) is 6.26. The minimum Gasteiger partial charge on any atom is -0.381 e. The lowest BCUT2D eigenvalue weighted by atomic mass is 10.1. The van der Waals surface area contributed by atoms with E-state index in [4.69, 9.17) is 14.2 Å². The molecule has 0 aromatic rings. The summed E-state index contributed by atoms with van der Waals surface area (Å²) in [6.07, 6.45) is 4.51. The Morgan fingerprint density at radius 3 is 2.57 bits per heavy atom. The van der Waals surface area contributed by atoms with Crippen molar-refractivity contribution in [3.8, 4) is 0 Å². The second-order valence-electron chi connectivity index (χ2n) is 6.26. The SMILES string of the molecule is CN=C(NCCCOC1CCOCC1)NCCOCCC(C)C. The van der Waals surface area contributed by atoms with E-state index in [0.29, 0.717) is 18.6 Å². The van der Waals surface area contributed by atoms with Gasteiger partial charge in [0.05, 0.1) is 12.7 Å². The van der Waals surface area contributed by atoms with E-state index in [1.54, 1.807) is 7.05 Å². The van der Waals surface area contributed by atoms with Crippen molar-refractivity contribution in [2.45, 2.75) is 45.6 Å². The summed E-state index contributed by atoms with van der Waals surface area (Å²) in [6.45, 7) is 10.0. The molecule has 0 unspecified atom stereocenters. The van der Waals surface area contributed by atoms with Gasteiger partial charge in [0.25, 0.3) is 0 Å². The third-order valence-corrected chi connectivity index (χ3v) is 3.74. The van der Waals surface area contributed by atoms with Crippen LogP contribution < -0.4 is 10.6 Å². The molecule has 1 aliphatic heterocycles. The third kappa shape index (κ3) is 11.3. The summed E-state index contributed by atoms with van der Waals surface area (Å²) in [6, 6.07) is 0. The molecule has 0 aromatic heterocycles. The van der Waals surface area contributed by atoms with Crippen LogP contribution in [0.4, 0.5) is 0 Å². The van der Waals surface area contributed by atoms with Gasteiger partial charge in [-0.25, -0.2) is 0 Å². The van der Waals surface area contributed by atoms with Crippen LogP contribution >= 0.6 is 0 Å². The first-order chi connectivity index (χ1) is 11.2. The van der Waals surface area contributed by atoms with E-state index in [-0.39, 0.29) is 0 Å². The van der Waals surface area contributed by atoms with Crippen LogP contribution in [-0.2, 0) is 14.2 Å². The van der Waals surface area contributed by atoms with Gasteiger partial charge < -0.3 is 24.8 Å². The van der Waals surface area contributed by atoms with Crippen LogP contribution in [0.1, 0.15) is 39.5 Å². The van der Waals surface area contributed by atoms with Crippen molar-refractivity contribution in [3.05, 3.63) is 0 Å². The van der Waals surface area contributed by atoms with E-state index in [1.807, 2.05) is 0 Å². The normalized spacial score (nSPS) is 16.8. The molecule has 1 aliphatic rings. The minimum atomic E-state index is 0.379. The number of hydrogen-bond donors (Lipinski definition) is 2. The molecule has 0 radical (unpaired) electrons. The topological polar surface area (TPSA) is 64.1 Å². The Morgan fingerprint density at radius 1 is 1.13 bits per heavy atom. The molecule has 136 valence electrons. The Bertz CT molecular complexity index is 305. The molecule has 0 amide bonds. The summed E-state index contributed by atoms with van der Waals surface area (Å²) in [5, 5.41) is 6.55. The lowest BCUT2D eigenvalue weighted by Crippen LogP contribution is -2.39. The molecule has 0 aromatic carbocycles. The highest BCUT2D eigenvalue weighted by Gasteiger charge is 2.13. The monoisotopic (exact) mass is 329 g/mol. The standard InChI is InChI=1S/C17H35N3O3/c1-15(2)5-11-22-14-9-20-17(18-3)19-8-4-10-23-16-6-12-21-13-7-16/h15-16H,4-14H2,1-3H3,(H2,18,19,20). The smallest absolute Gasteiger partial charge is 0.191 e. The Balaban J connectivity index is 1.92. The average Bonchev–Trinajstić information content (AvgIpc) is 2.56. The number of ether oxygens (including phenoxy) is 3. The molecule has 0 aliphatic carbocycles. The average molecular weight is 329 g/mol. The van der Waals surface area contributed by atoms with Gasteiger partial charge >= 0.3 is 0 Å². The van der Waals surface area contributed by atoms with E-state index < -0.39 is 0 Å². The Labute approximate surface area is 141 Å². The van der Waals surface area contributed by atoms with Crippen molar-refractivity contribution in [2.24, 2.45) is 10.9 Å². The van der Waals surface area contributed by atoms with Gasteiger partial charge in [0.1, 0.15) is 0 Å². The van der Waals surface area contributed by atoms with Crippen LogP contribution in [0.25, 0.3) is 0 Å². The van der Waals surface area contributed by atoms with Crippen LogP contribution in [0.2, 0.25) is 0 Å². The van der Waals surface area contributed by atoms with Crippen LogP contribution in [0.15, 0.2) is 4.99 Å². The quantitative estimate of drug-likeness (QED) is 0.344. The number of rotatable bonds is 11. The summed E-state index contributed by atoms with van der Waals surface area (Å²) >= 11 is 0. The summed E-state index contributed by atoms with van der Waals surface area (Å²) in [4.78, 5) is 4.20. The maximum atomic E-state index is 5.84. The molecule has 6 nitrogen and oxygen atoms in total. The lowest BCUT2D eigenvalue weighted by Gasteiger charge is -2.22. The molecular formula is C17H35N3O3. The van der Waals surface area contributed by atoms with Gasteiger partial charge in [-0.1, -0.05) is 13.8 Å². The Kier molecular flexibility index (Phi) is 11.9. The van der Waals surface area contributed by atoms with Crippen molar-refractivity contribution in [2.75, 3.05) is 53.2 Å². The fraction of sp³-hybridized carbons (Fsp3) is 0.941. The van der Waals surface area contributed by atoms with Crippen LogP contribution in [0.3, 0.4) is 0 Å². The maximum Gasteiger partial charge on any atom is 0.191 e. The van der Waals surface area contributed by atoms with Gasteiger partial charge in [-0.3, -0.25) is 4.99 Å². The molecule has 1 rings (SSSR count). The maximum absolute atomic E-state index is 5.84. The van der Waals surface area contributed by atoms with Gasteiger partial charge in [-0.15, -0.1) is 0 Å². The van der Waals surface area contributed by atoms with Crippen molar-refractivity contribution < 1.29 is 14.2 Å². The molecule has 2 N–H and O–H groups in total. The molecule has 0 saturated carbocycles. The van der Waals surface area contributed by atoms with E-state index in [1.165, 1.54) is 0 Å². The van der Waals surface area contributed by atoms with E-state index >= 15 is 0 Å². The van der Waals surface area contributed by atoms with Crippen LogP contribution in [0, 0.1) is 5.92 Å². The van der Waals surface area contributed by atoms with E-state index in [2.05, 4.69) is 29.5 Å². The molecule has 1 fully saturated rings. The zero-order valence-electron chi connectivity index (χ0n) is 15.1. The molecule has 1 heterocycles. The first-order valence-corrected chi connectivity index (χ1v) is 8.94. The van der Waals surface area contributed by atoms with E-state index in [9.17, 15) is 0 Å². The highest BCUT2D eigenvalue weighted by Crippen LogP contribution is 2.10. The number of nitrogens with zero attached hydrogens (tertiary/aromatic N) is 1. The highest BCUT2D eigenvalue weighted by molar-refractivity contribution is 5.79. The molecule has 23 heavy (non-hydrogen) atoms. The van der Waals surface area contributed by atoms with Gasteiger partial charge in [-0.2, -0.15) is 0 Å². The van der Waals surface area contributed by atoms with Crippen LogP contribution in [-0.4, -0.2) is 65.2 Å². The largest absolute Gasteiger partial charge is 0.381 e. The van der Waals surface area contributed by atoms with Crippen molar-refractivity contribution in [3.63, 3.8) is 0 Å². The molecule has 6 heteroatoms. The second kappa shape index (κ2) is 13.6. The van der Waals surface area contributed by atoms with Gasteiger partial charge in [0, 0.05) is 46.6 Å². The minimum absolute atomic E-state index is 0.379. The predicted octanol–water partition coefficient (Wildman–Crippen LogP) is 1.80. The third-order valence-electron chi connectivity index (χ3n) is 3.74. The van der Waals surface area contributed by atoms with Gasteiger partial charge in [0.15, 0.2) is 5.96 Å². The van der Waals surface area contributed by atoms with Crippen LogP contribution in [0.5, 0.6) is 0 Å².